The Kier molecular flexibility index (Phi) is 8.64. The van der Waals surface area contributed by atoms with Crippen LogP contribution in [-0.2, 0) is 29.2 Å². The Morgan fingerprint density at radius 2 is 1.78 bits per heavy atom. The van der Waals surface area contributed by atoms with Gasteiger partial charge in [-0.25, -0.2) is 21.8 Å². The van der Waals surface area contributed by atoms with Crippen molar-refractivity contribution >= 4 is 52.3 Å². The monoisotopic (exact) mass is 565 g/mol. The lowest BCUT2D eigenvalue weighted by Gasteiger charge is -2.29. The number of hydrogen-bond acceptors (Lipinski definition) is 9. The molecule has 1 amide bonds. The number of carbonyl (C=O) groups is 1. The van der Waals surface area contributed by atoms with Gasteiger partial charge in [0.25, 0.3) is 0 Å². The van der Waals surface area contributed by atoms with Gasteiger partial charge < -0.3 is 4.74 Å². The number of carbonyl (C=O) groups excluding carboxylic acids is 1. The Labute approximate surface area is 221 Å². The van der Waals surface area contributed by atoms with E-state index in [0.29, 0.717) is 41.7 Å². The zero-order valence-corrected chi connectivity index (χ0v) is 23.4. The average Bonchev–Trinajstić information content (AvgIpc) is 3.28. The predicted molar refractivity (Wildman–Crippen MR) is 145 cm³/mol. The number of amides is 1. The topological polar surface area (TPSA) is 114 Å². The number of morpholine rings is 1. The number of para-hydroxylation sites is 1. The van der Waals surface area contributed by atoms with Gasteiger partial charge in [0.05, 0.1) is 33.5 Å². The Morgan fingerprint density at radius 1 is 1.08 bits per heavy atom. The molecule has 0 N–H and O–H groups in total. The summed E-state index contributed by atoms with van der Waals surface area (Å²) in [4.78, 5) is 22.1. The molecule has 37 heavy (non-hydrogen) atoms. The van der Waals surface area contributed by atoms with Gasteiger partial charge in [-0.05, 0) is 37.6 Å². The summed E-state index contributed by atoms with van der Waals surface area (Å²) in [5.41, 5.74) is 1.32. The van der Waals surface area contributed by atoms with Crippen LogP contribution in [-0.4, -0.2) is 84.0 Å². The fourth-order valence-electron chi connectivity index (χ4n) is 4.13. The van der Waals surface area contributed by atoms with Crippen LogP contribution in [0.2, 0.25) is 0 Å². The number of nitrogens with zero attached hydrogens (tertiary/aromatic N) is 3. The fraction of sp³-hybridized carbons (Fsp3) is 0.440. The Balaban J connectivity index is 1.53. The molecule has 4 rings (SSSR count). The van der Waals surface area contributed by atoms with E-state index in [4.69, 9.17) is 4.74 Å². The van der Waals surface area contributed by atoms with E-state index >= 15 is 0 Å². The minimum absolute atomic E-state index is 0.0308. The number of benzene rings is 2. The molecular formula is C25H31N3O6S3. The molecule has 3 aromatic rings. The Hall–Kier alpha value is -2.38. The third kappa shape index (κ3) is 6.94. The molecule has 0 bridgehead atoms. The number of ether oxygens (including phenoxy) is 1. The van der Waals surface area contributed by atoms with Gasteiger partial charge in [0.2, 0.25) is 5.91 Å². The molecule has 0 unspecified atom stereocenters. The minimum Gasteiger partial charge on any atom is -0.379 e. The molecule has 200 valence electrons. The van der Waals surface area contributed by atoms with Crippen molar-refractivity contribution in [2.75, 3.05) is 56.3 Å². The Morgan fingerprint density at radius 3 is 2.46 bits per heavy atom. The number of aromatic nitrogens is 1. The first-order valence-corrected chi connectivity index (χ1v) is 16.4. The van der Waals surface area contributed by atoms with Crippen molar-refractivity contribution in [1.29, 1.82) is 0 Å². The first kappa shape index (κ1) is 27.6. The summed E-state index contributed by atoms with van der Waals surface area (Å²) < 4.78 is 56.1. The highest BCUT2D eigenvalue weighted by atomic mass is 32.2. The highest BCUT2D eigenvalue weighted by Crippen LogP contribution is 2.33. The SMILES string of the molecule is Cc1ccc(S(=O)(=O)CCCC(=O)N(CCN2CCOCC2)c2nc3c(S(C)(=O)=O)cccc3s2)cc1. The van der Waals surface area contributed by atoms with Crippen LogP contribution in [0.15, 0.2) is 52.3 Å². The summed E-state index contributed by atoms with van der Waals surface area (Å²) in [6.45, 7) is 5.63. The largest absolute Gasteiger partial charge is 0.379 e. The molecule has 9 nitrogen and oxygen atoms in total. The predicted octanol–water partition coefficient (Wildman–Crippen LogP) is 2.93. The van der Waals surface area contributed by atoms with Gasteiger partial charge in [-0.15, -0.1) is 0 Å². The number of hydrogen-bond donors (Lipinski definition) is 0. The maximum absolute atomic E-state index is 13.4. The second-order valence-corrected chi connectivity index (χ2v) is 14.2. The molecule has 0 aliphatic carbocycles. The van der Waals surface area contributed by atoms with E-state index in [-0.39, 0.29) is 34.3 Å². The standard InChI is InChI=1S/C25H31N3O6S3/c1-19-8-10-20(11-9-19)37(32,33)18-4-7-23(29)28(13-12-27-14-16-34-17-15-27)25-26-24-21(35-25)5-3-6-22(24)36(2,30)31/h3,5-6,8-11H,4,7,12-18H2,1-2H3. The molecule has 2 heterocycles. The van der Waals surface area contributed by atoms with Gasteiger partial charge in [-0.3, -0.25) is 14.6 Å². The van der Waals surface area contributed by atoms with Crippen LogP contribution in [0.3, 0.4) is 0 Å². The summed E-state index contributed by atoms with van der Waals surface area (Å²) in [5, 5.41) is 0.408. The number of anilines is 1. The molecule has 1 saturated heterocycles. The van der Waals surface area contributed by atoms with Crippen molar-refractivity contribution in [2.24, 2.45) is 0 Å². The van der Waals surface area contributed by atoms with Crippen LogP contribution in [0.5, 0.6) is 0 Å². The van der Waals surface area contributed by atoms with Crippen LogP contribution >= 0.6 is 11.3 Å². The molecule has 12 heteroatoms. The van der Waals surface area contributed by atoms with Crippen molar-refractivity contribution in [2.45, 2.75) is 29.6 Å². The lowest BCUT2D eigenvalue weighted by Crippen LogP contribution is -2.43. The lowest BCUT2D eigenvalue weighted by atomic mass is 10.2. The van der Waals surface area contributed by atoms with E-state index in [1.165, 1.54) is 17.4 Å². The number of thiazole rings is 1. The van der Waals surface area contributed by atoms with Crippen LogP contribution in [0.1, 0.15) is 18.4 Å². The van der Waals surface area contributed by atoms with E-state index < -0.39 is 19.7 Å². The highest BCUT2D eigenvalue weighted by molar-refractivity contribution is 7.91. The van der Waals surface area contributed by atoms with Crippen molar-refractivity contribution in [3.63, 3.8) is 0 Å². The summed E-state index contributed by atoms with van der Waals surface area (Å²) in [7, 11) is -7.01. The van der Waals surface area contributed by atoms with Crippen molar-refractivity contribution in [3.05, 3.63) is 48.0 Å². The van der Waals surface area contributed by atoms with Crippen molar-refractivity contribution in [1.82, 2.24) is 9.88 Å². The zero-order chi connectivity index (χ0) is 26.6. The quantitative estimate of drug-likeness (QED) is 0.369. The van der Waals surface area contributed by atoms with Crippen LogP contribution in [0.25, 0.3) is 10.2 Å². The lowest BCUT2D eigenvalue weighted by molar-refractivity contribution is -0.118. The molecule has 1 aliphatic heterocycles. The fourth-order valence-corrected chi connectivity index (χ4v) is 7.38. The van der Waals surface area contributed by atoms with Crippen LogP contribution < -0.4 is 4.90 Å². The van der Waals surface area contributed by atoms with Crippen LogP contribution in [0.4, 0.5) is 5.13 Å². The molecular weight excluding hydrogens is 534 g/mol. The summed E-state index contributed by atoms with van der Waals surface area (Å²) in [6, 6.07) is 11.6. The normalized spacial score (nSPS) is 15.2. The number of fused-ring (bicyclic) bond motifs is 1. The van der Waals surface area contributed by atoms with Crippen molar-refractivity contribution < 1.29 is 26.4 Å². The van der Waals surface area contributed by atoms with Gasteiger partial charge in [-0.2, -0.15) is 0 Å². The number of rotatable bonds is 10. The van der Waals surface area contributed by atoms with E-state index in [0.717, 1.165) is 24.9 Å². The van der Waals surface area contributed by atoms with Gasteiger partial charge in [0.15, 0.2) is 24.8 Å². The smallest absolute Gasteiger partial charge is 0.228 e. The molecule has 1 aliphatic rings. The van der Waals surface area contributed by atoms with Gasteiger partial charge in [0, 0.05) is 38.9 Å². The minimum atomic E-state index is -3.51. The first-order valence-electron chi connectivity index (χ1n) is 12.0. The van der Waals surface area contributed by atoms with Crippen molar-refractivity contribution in [3.8, 4) is 0 Å². The van der Waals surface area contributed by atoms with E-state index in [2.05, 4.69) is 9.88 Å². The summed E-state index contributed by atoms with van der Waals surface area (Å²) >= 11 is 1.26. The molecule has 1 aromatic heterocycles. The molecule has 0 atom stereocenters. The van der Waals surface area contributed by atoms with Crippen LogP contribution in [0, 0.1) is 6.92 Å². The molecule has 1 fully saturated rings. The molecule has 0 saturated carbocycles. The Bertz CT molecular complexity index is 1460. The third-order valence-electron chi connectivity index (χ3n) is 6.23. The molecule has 0 spiro atoms. The summed E-state index contributed by atoms with van der Waals surface area (Å²) in [5.74, 6) is -0.385. The van der Waals surface area contributed by atoms with E-state index in [1.54, 1.807) is 41.3 Å². The maximum Gasteiger partial charge on any atom is 0.228 e. The second kappa shape index (κ2) is 11.6. The van der Waals surface area contributed by atoms with Gasteiger partial charge in [0.1, 0.15) is 5.52 Å². The average molecular weight is 566 g/mol. The van der Waals surface area contributed by atoms with E-state index in [1.807, 2.05) is 6.92 Å². The molecule has 2 aromatic carbocycles. The van der Waals surface area contributed by atoms with E-state index in [9.17, 15) is 21.6 Å². The highest BCUT2D eigenvalue weighted by Gasteiger charge is 2.24. The maximum atomic E-state index is 13.4. The summed E-state index contributed by atoms with van der Waals surface area (Å²) in [6.07, 6.45) is 1.34. The zero-order valence-electron chi connectivity index (χ0n) is 20.9. The third-order valence-corrected chi connectivity index (χ3v) is 10.2. The number of aryl methyl sites for hydroxylation is 1. The van der Waals surface area contributed by atoms with Gasteiger partial charge in [-0.1, -0.05) is 35.1 Å². The number of sulfone groups is 2. The second-order valence-electron chi connectivity index (χ2n) is 9.11. The van der Waals surface area contributed by atoms with Gasteiger partial charge >= 0.3 is 0 Å². The first-order chi connectivity index (χ1) is 17.5. The molecule has 0 radical (unpaired) electrons.